The van der Waals surface area contributed by atoms with E-state index in [-0.39, 0.29) is 28.8 Å². The van der Waals surface area contributed by atoms with E-state index in [1.807, 2.05) is 0 Å². The number of rotatable bonds is 3. The Morgan fingerprint density at radius 1 is 1.00 bits per heavy atom. The highest BCUT2D eigenvalue weighted by molar-refractivity contribution is 7.89. The minimum absolute atomic E-state index is 0.107. The zero-order valence-electron chi connectivity index (χ0n) is 12.5. The second-order valence-corrected chi connectivity index (χ2v) is 7.74. The molecule has 2 aromatic rings. The van der Waals surface area contributed by atoms with E-state index in [1.165, 1.54) is 22.5 Å². The number of benzene rings is 2. The summed E-state index contributed by atoms with van der Waals surface area (Å²) in [5, 5.41) is -0.136. The third-order valence-electron chi connectivity index (χ3n) is 3.90. The summed E-state index contributed by atoms with van der Waals surface area (Å²) in [6.45, 7) is 0.460. The van der Waals surface area contributed by atoms with Gasteiger partial charge in [-0.1, -0.05) is 29.8 Å². The van der Waals surface area contributed by atoms with Crippen molar-refractivity contribution in [2.75, 3.05) is 13.1 Å². The third kappa shape index (κ3) is 3.36. The molecule has 0 spiro atoms. The predicted octanol–water partition coefficient (Wildman–Crippen LogP) is 4.10. The first-order chi connectivity index (χ1) is 11.4. The van der Waals surface area contributed by atoms with Gasteiger partial charge in [0.05, 0.1) is 5.02 Å². The Bertz CT molecular complexity index is 895. The van der Waals surface area contributed by atoms with Gasteiger partial charge in [-0.2, -0.15) is 4.31 Å². The fourth-order valence-corrected chi connectivity index (χ4v) is 4.50. The number of hydrogen-bond donors (Lipinski definition) is 0. The summed E-state index contributed by atoms with van der Waals surface area (Å²) in [5.74, 6) is -0.901. The topological polar surface area (TPSA) is 37.4 Å². The summed E-state index contributed by atoms with van der Waals surface area (Å²) >= 11 is 5.88. The highest BCUT2D eigenvalue weighted by Crippen LogP contribution is 2.29. The molecular weight excluding hydrogens is 356 g/mol. The third-order valence-corrected chi connectivity index (χ3v) is 6.25. The van der Waals surface area contributed by atoms with E-state index in [0.717, 1.165) is 23.3 Å². The molecule has 24 heavy (non-hydrogen) atoms. The lowest BCUT2D eigenvalue weighted by molar-refractivity contribution is 0.441. The van der Waals surface area contributed by atoms with E-state index in [1.54, 1.807) is 18.2 Å². The summed E-state index contributed by atoms with van der Waals surface area (Å²) < 4.78 is 52.7. The number of nitrogens with zero attached hydrogens (tertiary/aromatic N) is 1. The molecular formula is C17H14ClF2NO2S. The van der Waals surface area contributed by atoms with Gasteiger partial charge in [0.15, 0.2) is 0 Å². The van der Waals surface area contributed by atoms with Gasteiger partial charge >= 0.3 is 0 Å². The smallest absolute Gasteiger partial charge is 0.207 e. The van der Waals surface area contributed by atoms with Crippen LogP contribution in [-0.4, -0.2) is 25.8 Å². The van der Waals surface area contributed by atoms with Crippen LogP contribution >= 0.6 is 11.6 Å². The monoisotopic (exact) mass is 369 g/mol. The lowest BCUT2D eigenvalue weighted by Crippen LogP contribution is -2.34. The Kier molecular flexibility index (Phi) is 4.71. The van der Waals surface area contributed by atoms with Gasteiger partial charge in [-0.05, 0) is 47.9 Å². The molecule has 0 saturated heterocycles. The molecule has 126 valence electrons. The summed E-state index contributed by atoms with van der Waals surface area (Å²) in [6, 6.07) is 9.31. The second kappa shape index (κ2) is 6.63. The molecule has 0 unspecified atom stereocenters. The largest absolute Gasteiger partial charge is 0.244 e. The lowest BCUT2D eigenvalue weighted by Gasteiger charge is -2.26. The van der Waals surface area contributed by atoms with Gasteiger partial charge in [0, 0.05) is 13.1 Å². The lowest BCUT2D eigenvalue weighted by atomic mass is 10.0. The molecule has 1 aliphatic heterocycles. The van der Waals surface area contributed by atoms with Crippen LogP contribution in [-0.2, 0) is 10.0 Å². The van der Waals surface area contributed by atoms with Crippen molar-refractivity contribution in [2.45, 2.75) is 11.3 Å². The van der Waals surface area contributed by atoms with Crippen LogP contribution in [0.25, 0.3) is 5.57 Å². The molecule has 7 heteroatoms. The fraction of sp³-hybridized carbons (Fsp3) is 0.176. The Labute approximate surface area is 144 Å². The maximum absolute atomic E-state index is 13.1. The van der Waals surface area contributed by atoms with Crippen LogP contribution < -0.4 is 0 Å². The van der Waals surface area contributed by atoms with Crippen LogP contribution in [0.2, 0.25) is 5.02 Å². The van der Waals surface area contributed by atoms with E-state index in [2.05, 4.69) is 0 Å². The Balaban J connectivity index is 1.83. The SMILES string of the molecule is O=S(=O)(c1ccc(F)cc1Cl)N1CC=C(c2ccc(F)cc2)CC1. The van der Waals surface area contributed by atoms with Crippen molar-refractivity contribution < 1.29 is 17.2 Å². The Morgan fingerprint density at radius 3 is 2.25 bits per heavy atom. The highest BCUT2D eigenvalue weighted by Gasteiger charge is 2.28. The zero-order valence-corrected chi connectivity index (χ0v) is 14.1. The second-order valence-electron chi connectivity index (χ2n) is 5.42. The van der Waals surface area contributed by atoms with E-state index in [4.69, 9.17) is 11.6 Å². The van der Waals surface area contributed by atoms with E-state index in [0.29, 0.717) is 6.42 Å². The minimum Gasteiger partial charge on any atom is -0.207 e. The van der Waals surface area contributed by atoms with Gasteiger partial charge in [0.25, 0.3) is 0 Å². The predicted molar refractivity (Wildman–Crippen MR) is 89.2 cm³/mol. The van der Waals surface area contributed by atoms with Crippen LogP contribution in [0.1, 0.15) is 12.0 Å². The van der Waals surface area contributed by atoms with Crippen LogP contribution in [0.5, 0.6) is 0 Å². The molecule has 2 aromatic carbocycles. The molecule has 0 fully saturated rings. The van der Waals surface area contributed by atoms with Gasteiger partial charge in [0.2, 0.25) is 10.0 Å². The standard InChI is InChI=1S/C17H14ClF2NO2S/c18-16-11-15(20)5-6-17(16)24(22,23)21-9-7-13(8-10-21)12-1-3-14(19)4-2-12/h1-7,11H,8-10H2. The van der Waals surface area contributed by atoms with Crippen molar-refractivity contribution in [3.05, 3.63) is 70.8 Å². The van der Waals surface area contributed by atoms with Crippen LogP contribution in [0.3, 0.4) is 0 Å². The molecule has 0 radical (unpaired) electrons. The fourth-order valence-electron chi connectivity index (χ4n) is 2.62. The van der Waals surface area contributed by atoms with Crippen LogP contribution in [0.4, 0.5) is 8.78 Å². The number of hydrogen-bond acceptors (Lipinski definition) is 2. The summed E-state index contributed by atoms with van der Waals surface area (Å²) in [4.78, 5) is -0.107. The Morgan fingerprint density at radius 2 is 1.67 bits per heavy atom. The van der Waals surface area contributed by atoms with E-state index < -0.39 is 15.8 Å². The molecule has 0 N–H and O–H groups in total. The highest BCUT2D eigenvalue weighted by atomic mass is 35.5. The van der Waals surface area contributed by atoms with E-state index in [9.17, 15) is 17.2 Å². The molecule has 0 amide bonds. The minimum atomic E-state index is -3.79. The van der Waals surface area contributed by atoms with Gasteiger partial charge in [-0.3, -0.25) is 0 Å². The normalized spacial score (nSPS) is 16.0. The summed E-state index contributed by atoms with van der Waals surface area (Å²) in [7, 11) is -3.79. The first kappa shape index (κ1) is 17.1. The molecule has 0 bridgehead atoms. The average molecular weight is 370 g/mol. The van der Waals surface area contributed by atoms with Crippen LogP contribution in [0, 0.1) is 11.6 Å². The van der Waals surface area contributed by atoms with E-state index >= 15 is 0 Å². The summed E-state index contributed by atoms with van der Waals surface area (Å²) in [6.07, 6.45) is 2.30. The van der Waals surface area contributed by atoms with Gasteiger partial charge in [-0.15, -0.1) is 0 Å². The van der Waals surface area contributed by atoms with Crippen molar-refractivity contribution in [2.24, 2.45) is 0 Å². The molecule has 0 aliphatic carbocycles. The molecule has 3 nitrogen and oxygen atoms in total. The Hall–Kier alpha value is -1.76. The quantitative estimate of drug-likeness (QED) is 0.817. The zero-order chi connectivity index (χ0) is 17.3. The van der Waals surface area contributed by atoms with Gasteiger partial charge in [0.1, 0.15) is 16.5 Å². The number of halogens is 3. The van der Waals surface area contributed by atoms with Gasteiger partial charge in [-0.25, -0.2) is 17.2 Å². The molecule has 0 saturated carbocycles. The van der Waals surface area contributed by atoms with Crippen molar-refractivity contribution in [3.8, 4) is 0 Å². The molecule has 1 heterocycles. The molecule has 0 atom stereocenters. The van der Waals surface area contributed by atoms with Gasteiger partial charge < -0.3 is 0 Å². The van der Waals surface area contributed by atoms with Crippen molar-refractivity contribution in [3.63, 3.8) is 0 Å². The molecule has 0 aromatic heterocycles. The maximum Gasteiger partial charge on any atom is 0.244 e. The summed E-state index contributed by atoms with van der Waals surface area (Å²) in [5.41, 5.74) is 1.83. The molecule has 3 rings (SSSR count). The van der Waals surface area contributed by atoms with Crippen molar-refractivity contribution in [1.82, 2.24) is 4.31 Å². The maximum atomic E-state index is 13.1. The van der Waals surface area contributed by atoms with Crippen LogP contribution in [0.15, 0.2) is 53.4 Å². The van der Waals surface area contributed by atoms with Crippen molar-refractivity contribution in [1.29, 1.82) is 0 Å². The molecule has 1 aliphatic rings. The first-order valence-corrected chi connectivity index (χ1v) is 9.10. The first-order valence-electron chi connectivity index (χ1n) is 7.28. The average Bonchev–Trinajstić information content (AvgIpc) is 2.55. The number of sulfonamides is 1. The van der Waals surface area contributed by atoms with Crippen molar-refractivity contribution >= 4 is 27.2 Å².